The Balaban J connectivity index is 2.03. The van der Waals surface area contributed by atoms with Gasteiger partial charge in [-0.05, 0) is 49.7 Å². The number of rotatable bonds is 6. The number of likely N-dealkylation sites (tertiary alicyclic amines) is 1. The fourth-order valence-electron chi connectivity index (χ4n) is 3.17. The van der Waals surface area contributed by atoms with E-state index < -0.39 is 0 Å². The Morgan fingerprint density at radius 2 is 2.22 bits per heavy atom. The smallest absolute Gasteiger partial charge is 0.261 e. The number of piperidine rings is 1. The largest absolute Gasteiger partial charge is 0.385 e. The number of nitrogens with one attached hydrogen (secondary N) is 1. The minimum atomic E-state index is -0.275. The highest BCUT2D eigenvalue weighted by atomic mass is 16.5. The molecule has 0 unspecified atom stereocenters. The minimum Gasteiger partial charge on any atom is -0.385 e. The zero-order valence-electron chi connectivity index (χ0n) is 14.4. The zero-order chi connectivity index (χ0) is 16.8. The van der Waals surface area contributed by atoms with Crippen molar-refractivity contribution in [3.05, 3.63) is 33.7 Å². The van der Waals surface area contributed by atoms with E-state index in [2.05, 4.69) is 4.98 Å². The van der Waals surface area contributed by atoms with Crippen molar-refractivity contribution < 1.29 is 9.53 Å². The number of hydrogen-bond acceptors (Lipinski definition) is 3. The monoisotopic (exact) mass is 320 g/mol. The Labute approximate surface area is 138 Å². The molecule has 1 atom stereocenters. The fourth-order valence-corrected chi connectivity index (χ4v) is 3.17. The fraction of sp³-hybridized carbons (Fsp3) is 0.667. The van der Waals surface area contributed by atoms with E-state index in [9.17, 15) is 9.59 Å². The Morgan fingerprint density at radius 1 is 1.43 bits per heavy atom. The number of aromatic amines is 1. The third-order valence-electron chi connectivity index (χ3n) is 4.55. The lowest BCUT2D eigenvalue weighted by Crippen LogP contribution is -2.42. The summed E-state index contributed by atoms with van der Waals surface area (Å²) in [7, 11) is 1.71. The van der Waals surface area contributed by atoms with Crippen LogP contribution in [0.25, 0.3) is 0 Å². The predicted octanol–water partition coefficient (Wildman–Crippen LogP) is 2.78. The predicted molar refractivity (Wildman–Crippen MR) is 90.9 cm³/mol. The number of carbonyl (C=O) groups is 1. The second-order valence-electron chi connectivity index (χ2n) is 6.71. The molecule has 0 spiro atoms. The van der Waals surface area contributed by atoms with Crippen molar-refractivity contribution in [3.63, 3.8) is 0 Å². The van der Waals surface area contributed by atoms with Crippen LogP contribution in [0.5, 0.6) is 0 Å². The standard InChI is InChI=1S/C18H28N2O3/c1-13(2)16-9-8-15(17(21)19-16)18(22)20-10-4-6-14(12-20)7-5-11-23-3/h8-9,13-14H,4-7,10-12H2,1-3H3,(H,19,21)/t14-/m0/s1. The minimum absolute atomic E-state index is 0.141. The lowest BCUT2D eigenvalue weighted by molar-refractivity contribution is 0.0658. The summed E-state index contributed by atoms with van der Waals surface area (Å²) in [4.78, 5) is 29.5. The molecule has 1 N–H and O–H groups in total. The van der Waals surface area contributed by atoms with Crippen LogP contribution < -0.4 is 5.56 Å². The molecule has 0 aromatic carbocycles. The molecular weight excluding hydrogens is 292 g/mol. The van der Waals surface area contributed by atoms with Crippen molar-refractivity contribution in [1.29, 1.82) is 0 Å². The summed E-state index contributed by atoms with van der Waals surface area (Å²) >= 11 is 0. The molecule has 1 aliphatic rings. The van der Waals surface area contributed by atoms with Gasteiger partial charge in [-0.2, -0.15) is 0 Å². The third kappa shape index (κ3) is 4.67. The van der Waals surface area contributed by atoms with Gasteiger partial charge in [0.05, 0.1) is 0 Å². The van der Waals surface area contributed by atoms with Crippen LogP contribution in [0.3, 0.4) is 0 Å². The van der Waals surface area contributed by atoms with Gasteiger partial charge in [0.2, 0.25) is 0 Å². The number of methoxy groups -OCH3 is 1. The van der Waals surface area contributed by atoms with E-state index in [-0.39, 0.29) is 22.9 Å². The van der Waals surface area contributed by atoms with E-state index in [1.54, 1.807) is 13.2 Å². The number of H-pyrrole nitrogens is 1. The summed E-state index contributed by atoms with van der Waals surface area (Å²) in [6, 6.07) is 3.52. The van der Waals surface area contributed by atoms with Crippen LogP contribution in [-0.2, 0) is 4.74 Å². The van der Waals surface area contributed by atoms with Gasteiger partial charge < -0.3 is 14.6 Å². The van der Waals surface area contributed by atoms with E-state index in [4.69, 9.17) is 4.74 Å². The average Bonchev–Trinajstić information content (AvgIpc) is 2.54. The Bertz CT molecular complexity index is 580. The molecule has 0 aliphatic carbocycles. The normalized spacial score (nSPS) is 18.4. The number of hydrogen-bond donors (Lipinski definition) is 1. The van der Waals surface area contributed by atoms with Crippen molar-refractivity contribution in [1.82, 2.24) is 9.88 Å². The van der Waals surface area contributed by atoms with Crippen LogP contribution in [0, 0.1) is 5.92 Å². The highest BCUT2D eigenvalue weighted by Crippen LogP contribution is 2.22. The number of pyridine rings is 1. The molecule has 128 valence electrons. The van der Waals surface area contributed by atoms with Crippen LogP contribution >= 0.6 is 0 Å². The molecule has 2 rings (SSSR count). The van der Waals surface area contributed by atoms with Crippen LogP contribution in [0.1, 0.15) is 61.5 Å². The maximum Gasteiger partial charge on any atom is 0.261 e. The van der Waals surface area contributed by atoms with Crippen molar-refractivity contribution in [3.8, 4) is 0 Å². The van der Waals surface area contributed by atoms with Gasteiger partial charge in [-0.15, -0.1) is 0 Å². The number of aromatic nitrogens is 1. The van der Waals surface area contributed by atoms with Gasteiger partial charge >= 0.3 is 0 Å². The molecule has 0 bridgehead atoms. The molecule has 5 nitrogen and oxygen atoms in total. The Morgan fingerprint density at radius 3 is 2.87 bits per heavy atom. The summed E-state index contributed by atoms with van der Waals surface area (Å²) in [5.74, 6) is 0.613. The molecule has 0 radical (unpaired) electrons. The van der Waals surface area contributed by atoms with Crippen molar-refractivity contribution >= 4 is 5.91 Å². The van der Waals surface area contributed by atoms with Gasteiger partial charge in [0.1, 0.15) is 5.56 Å². The first kappa shape index (κ1) is 17.7. The highest BCUT2D eigenvalue weighted by molar-refractivity contribution is 5.93. The van der Waals surface area contributed by atoms with Gasteiger partial charge in [0, 0.05) is 32.5 Å². The zero-order valence-corrected chi connectivity index (χ0v) is 14.4. The van der Waals surface area contributed by atoms with E-state index in [0.29, 0.717) is 5.92 Å². The molecule has 1 amide bonds. The lowest BCUT2D eigenvalue weighted by Gasteiger charge is -2.32. The lowest BCUT2D eigenvalue weighted by atomic mass is 9.93. The van der Waals surface area contributed by atoms with E-state index in [1.165, 1.54) is 0 Å². The molecule has 5 heteroatoms. The first-order valence-corrected chi connectivity index (χ1v) is 8.54. The number of nitrogens with zero attached hydrogens (tertiary/aromatic N) is 1. The van der Waals surface area contributed by atoms with Crippen LogP contribution in [0.4, 0.5) is 0 Å². The molecule has 0 saturated carbocycles. The van der Waals surface area contributed by atoms with Gasteiger partial charge in [-0.1, -0.05) is 13.8 Å². The summed E-state index contributed by atoms with van der Waals surface area (Å²) in [6.07, 6.45) is 4.24. The molecule has 23 heavy (non-hydrogen) atoms. The molecule has 1 aromatic heterocycles. The summed E-state index contributed by atoms with van der Waals surface area (Å²) in [6.45, 7) is 6.28. The number of carbonyl (C=O) groups excluding carboxylic acids is 1. The molecular formula is C18H28N2O3. The molecule has 2 heterocycles. The number of amides is 1. The first-order chi connectivity index (χ1) is 11.0. The number of ether oxygens (including phenoxy) is 1. The van der Waals surface area contributed by atoms with Gasteiger partial charge in [0.15, 0.2) is 0 Å². The van der Waals surface area contributed by atoms with E-state index >= 15 is 0 Å². The average molecular weight is 320 g/mol. The van der Waals surface area contributed by atoms with Gasteiger partial charge in [-0.3, -0.25) is 9.59 Å². The van der Waals surface area contributed by atoms with Crippen LogP contribution in [0.15, 0.2) is 16.9 Å². The maximum absolute atomic E-state index is 12.7. The maximum atomic E-state index is 12.7. The topological polar surface area (TPSA) is 62.4 Å². The Hall–Kier alpha value is -1.62. The second kappa shape index (κ2) is 8.29. The van der Waals surface area contributed by atoms with Crippen LogP contribution in [0.2, 0.25) is 0 Å². The van der Waals surface area contributed by atoms with E-state index in [1.807, 2.05) is 24.8 Å². The molecule has 1 fully saturated rings. The van der Waals surface area contributed by atoms with Gasteiger partial charge in [0.25, 0.3) is 11.5 Å². The van der Waals surface area contributed by atoms with Gasteiger partial charge in [-0.25, -0.2) is 0 Å². The molecule has 1 aromatic rings. The quantitative estimate of drug-likeness (QED) is 0.820. The highest BCUT2D eigenvalue weighted by Gasteiger charge is 2.25. The van der Waals surface area contributed by atoms with Crippen LogP contribution in [-0.4, -0.2) is 42.6 Å². The Kier molecular flexibility index (Phi) is 6.39. The SMILES string of the molecule is COCCC[C@@H]1CCCN(C(=O)c2ccc(C(C)C)[nH]c2=O)C1. The summed E-state index contributed by atoms with van der Waals surface area (Å²) in [5.41, 5.74) is 0.845. The van der Waals surface area contributed by atoms with Crippen molar-refractivity contribution in [2.75, 3.05) is 26.8 Å². The molecule has 1 aliphatic heterocycles. The molecule has 1 saturated heterocycles. The third-order valence-corrected chi connectivity index (χ3v) is 4.55. The van der Waals surface area contributed by atoms with Crippen molar-refractivity contribution in [2.24, 2.45) is 5.92 Å². The van der Waals surface area contributed by atoms with E-state index in [0.717, 1.165) is 51.1 Å². The first-order valence-electron chi connectivity index (χ1n) is 8.54. The summed E-state index contributed by atoms with van der Waals surface area (Å²) in [5, 5.41) is 0. The van der Waals surface area contributed by atoms with Crippen molar-refractivity contribution in [2.45, 2.75) is 45.4 Å². The second-order valence-corrected chi connectivity index (χ2v) is 6.71. The summed E-state index contributed by atoms with van der Waals surface area (Å²) < 4.78 is 5.10.